The van der Waals surface area contributed by atoms with Gasteiger partial charge in [-0.05, 0) is 41.1 Å². The van der Waals surface area contributed by atoms with Crippen LogP contribution in [0.4, 0.5) is 0 Å². The lowest BCUT2D eigenvalue weighted by molar-refractivity contribution is 0.0697. The topological polar surface area (TPSA) is 70.6 Å². The molecule has 0 spiro atoms. The van der Waals surface area contributed by atoms with Crippen LogP contribution in [0.15, 0.2) is 52.1 Å². The van der Waals surface area contributed by atoms with Gasteiger partial charge in [0.2, 0.25) is 10.0 Å². The van der Waals surface area contributed by atoms with Crippen molar-refractivity contribution in [2.24, 2.45) is 0 Å². The number of aryl methyl sites for hydroxylation is 1. The van der Waals surface area contributed by atoms with Gasteiger partial charge >= 0.3 is 0 Å². The van der Waals surface area contributed by atoms with Crippen molar-refractivity contribution in [3.8, 4) is 0 Å². The molecule has 1 aliphatic rings. The van der Waals surface area contributed by atoms with E-state index in [-0.39, 0.29) is 23.9 Å². The van der Waals surface area contributed by atoms with Crippen LogP contribution >= 0.6 is 15.9 Å². The fraction of sp³-hybridized carbons (Fsp3) is 0.294. The van der Waals surface area contributed by atoms with Gasteiger partial charge in [-0.1, -0.05) is 17.7 Å². The summed E-state index contributed by atoms with van der Waals surface area (Å²) < 4.78 is 27.6. The minimum Gasteiger partial charge on any atom is -0.336 e. The summed E-state index contributed by atoms with van der Waals surface area (Å²) in [5, 5.41) is 0. The standard InChI is InChI=1S/C17H18BrN3O3S/c1-13-2-4-16(5-3-13)25(23,24)21-8-6-20(7-9-21)17(22)14-10-15(18)12-19-11-14/h2-5,10-12H,6-9H2,1H3. The third kappa shape index (κ3) is 3.91. The quantitative estimate of drug-likeness (QED) is 0.758. The number of hydrogen-bond donors (Lipinski definition) is 0. The normalized spacial score (nSPS) is 16.0. The molecule has 1 aromatic heterocycles. The maximum absolute atomic E-state index is 12.7. The Morgan fingerprint density at radius 2 is 1.72 bits per heavy atom. The van der Waals surface area contributed by atoms with E-state index < -0.39 is 10.0 Å². The van der Waals surface area contributed by atoms with Gasteiger partial charge in [0.05, 0.1) is 10.5 Å². The minimum absolute atomic E-state index is 0.138. The lowest BCUT2D eigenvalue weighted by atomic mass is 10.2. The van der Waals surface area contributed by atoms with Crippen LogP contribution < -0.4 is 0 Å². The molecule has 0 unspecified atom stereocenters. The number of piperazine rings is 1. The van der Waals surface area contributed by atoms with Crippen LogP contribution in [0.3, 0.4) is 0 Å². The number of carbonyl (C=O) groups excluding carboxylic acids is 1. The Morgan fingerprint density at radius 3 is 2.32 bits per heavy atom. The molecule has 3 rings (SSSR count). The molecule has 6 nitrogen and oxygen atoms in total. The number of pyridine rings is 1. The van der Waals surface area contributed by atoms with Crippen LogP contribution in [0.1, 0.15) is 15.9 Å². The molecule has 1 amide bonds. The fourth-order valence-corrected chi connectivity index (χ4v) is 4.49. The summed E-state index contributed by atoms with van der Waals surface area (Å²) in [7, 11) is -3.52. The Morgan fingerprint density at radius 1 is 1.08 bits per heavy atom. The Hall–Kier alpha value is -1.77. The predicted octanol–water partition coefficient (Wildman–Crippen LogP) is 2.30. The Kier molecular flexibility index (Phi) is 5.21. The zero-order valence-electron chi connectivity index (χ0n) is 13.7. The van der Waals surface area contributed by atoms with E-state index in [1.807, 2.05) is 6.92 Å². The number of sulfonamides is 1. The molecule has 1 saturated heterocycles. The molecular formula is C17H18BrN3O3S. The maximum Gasteiger partial charge on any atom is 0.255 e. The van der Waals surface area contributed by atoms with E-state index in [0.29, 0.717) is 18.7 Å². The van der Waals surface area contributed by atoms with Crippen LogP contribution in [0.5, 0.6) is 0 Å². The molecule has 0 saturated carbocycles. The third-order valence-electron chi connectivity index (χ3n) is 4.14. The van der Waals surface area contributed by atoms with Gasteiger partial charge in [0.25, 0.3) is 5.91 Å². The predicted molar refractivity (Wildman–Crippen MR) is 97.8 cm³/mol. The summed E-state index contributed by atoms with van der Waals surface area (Å²) in [6.45, 7) is 3.19. The zero-order valence-corrected chi connectivity index (χ0v) is 16.1. The van der Waals surface area contributed by atoms with Crippen LogP contribution in [-0.4, -0.2) is 54.7 Å². The zero-order chi connectivity index (χ0) is 18.0. The molecule has 0 atom stereocenters. The number of amides is 1. The van der Waals surface area contributed by atoms with E-state index in [4.69, 9.17) is 0 Å². The van der Waals surface area contributed by atoms with Gasteiger partial charge in [0.15, 0.2) is 0 Å². The average Bonchev–Trinajstić information content (AvgIpc) is 2.61. The fourth-order valence-electron chi connectivity index (χ4n) is 2.70. The van der Waals surface area contributed by atoms with E-state index in [0.717, 1.165) is 10.0 Å². The van der Waals surface area contributed by atoms with Gasteiger partial charge in [-0.3, -0.25) is 9.78 Å². The first-order valence-electron chi connectivity index (χ1n) is 7.84. The van der Waals surface area contributed by atoms with Gasteiger partial charge in [-0.15, -0.1) is 0 Å². The highest BCUT2D eigenvalue weighted by atomic mass is 79.9. The highest BCUT2D eigenvalue weighted by Crippen LogP contribution is 2.19. The van der Waals surface area contributed by atoms with Gasteiger partial charge in [0.1, 0.15) is 0 Å². The van der Waals surface area contributed by atoms with Crippen LogP contribution in [0.2, 0.25) is 0 Å². The molecule has 1 fully saturated rings. The smallest absolute Gasteiger partial charge is 0.255 e. The monoisotopic (exact) mass is 423 g/mol. The van der Waals surface area contributed by atoms with Crippen molar-refractivity contribution in [1.82, 2.24) is 14.2 Å². The van der Waals surface area contributed by atoms with Gasteiger partial charge < -0.3 is 4.90 Å². The molecule has 8 heteroatoms. The van der Waals surface area contributed by atoms with E-state index in [9.17, 15) is 13.2 Å². The van der Waals surface area contributed by atoms with E-state index in [1.165, 1.54) is 10.5 Å². The lowest BCUT2D eigenvalue weighted by Gasteiger charge is -2.34. The van der Waals surface area contributed by atoms with Crippen molar-refractivity contribution in [1.29, 1.82) is 0 Å². The Bertz CT molecular complexity index is 876. The third-order valence-corrected chi connectivity index (χ3v) is 6.48. The van der Waals surface area contributed by atoms with Crippen molar-refractivity contribution in [3.63, 3.8) is 0 Å². The summed E-state index contributed by atoms with van der Waals surface area (Å²) in [6, 6.07) is 8.52. The minimum atomic E-state index is -3.52. The summed E-state index contributed by atoms with van der Waals surface area (Å²) in [5.41, 5.74) is 1.50. The van der Waals surface area contributed by atoms with Crippen molar-refractivity contribution < 1.29 is 13.2 Å². The Labute approximate surface area is 155 Å². The molecule has 0 radical (unpaired) electrons. The maximum atomic E-state index is 12.7. The molecule has 132 valence electrons. The molecule has 1 aliphatic heterocycles. The van der Waals surface area contributed by atoms with Crippen molar-refractivity contribution in [3.05, 3.63) is 58.3 Å². The van der Waals surface area contributed by atoms with Crippen molar-refractivity contribution >= 4 is 31.9 Å². The molecular weight excluding hydrogens is 406 g/mol. The number of aromatic nitrogens is 1. The van der Waals surface area contributed by atoms with Gasteiger partial charge in [0, 0.05) is 43.0 Å². The summed E-state index contributed by atoms with van der Waals surface area (Å²) >= 11 is 3.30. The molecule has 0 N–H and O–H groups in total. The van der Waals surface area contributed by atoms with Crippen LogP contribution in [-0.2, 0) is 10.0 Å². The molecule has 2 aromatic rings. The second-order valence-electron chi connectivity index (χ2n) is 5.90. The first kappa shape index (κ1) is 18.0. The van der Waals surface area contributed by atoms with Crippen molar-refractivity contribution in [2.75, 3.05) is 26.2 Å². The average molecular weight is 424 g/mol. The lowest BCUT2D eigenvalue weighted by Crippen LogP contribution is -2.50. The van der Waals surface area contributed by atoms with Crippen LogP contribution in [0.25, 0.3) is 0 Å². The SMILES string of the molecule is Cc1ccc(S(=O)(=O)N2CCN(C(=O)c3cncc(Br)c3)CC2)cc1. The van der Waals surface area contributed by atoms with Crippen molar-refractivity contribution in [2.45, 2.75) is 11.8 Å². The molecule has 0 aliphatic carbocycles. The largest absolute Gasteiger partial charge is 0.336 e. The molecule has 2 heterocycles. The summed E-state index contributed by atoms with van der Waals surface area (Å²) in [4.78, 5) is 18.5. The molecule has 25 heavy (non-hydrogen) atoms. The van der Waals surface area contributed by atoms with E-state index in [1.54, 1.807) is 41.4 Å². The first-order chi connectivity index (χ1) is 11.9. The Balaban J connectivity index is 1.69. The van der Waals surface area contributed by atoms with Gasteiger partial charge in [-0.25, -0.2) is 8.42 Å². The molecule has 0 bridgehead atoms. The number of hydrogen-bond acceptors (Lipinski definition) is 4. The number of halogens is 1. The van der Waals surface area contributed by atoms with E-state index >= 15 is 0 Å². The van der Waals surface area contributed by atoms with E-state index in [2.05, 4.69) is 20.9 Å². The number of benzene rings is 1. The summed E-state index contributed by atoms with van der Waals surface area (Å²) in [5.74, 6) is -0.138. The number of rotatable bonds is 3. The second kappa shape index (κ2) is 7.23. The number of nitrogens with zero attached hydrogens (tertiary/aromatic N) is 3. The summed E-state index contributed by atoms with van der Waals surface area (Å²) in [6.07, 6.45) is 3.13. The molecule has 1 aromatic carbocycles. The second-order valence-corrected chi connectivity index (χ2v) is 8.75. The van der Waals surface area contributed by atoms with Crippen LogP contribution in [0, 0.1) is 6.92 Å². The highest BCUT2D eigenvalue weighted by molar-refractivity contribution is 9.10. The first-order valence-corrected chi connectivity index (χ1v) is 10.1. The van der Waals surface area contributed by atoms with Gasteiger partial charge in [-0.2, -0.15) is 4.31 Å². The number of carbonyl (C=O) groups is 1. The highest BCUT2D eigenvalue weighted by Gasteiger charge is 2.30.